The van der Waals surface area contributed by atoms with Gasteiger partial charge in [-0.3, -0.25) is 14.4 Å². The Morgan fingerprint density at radius 3 is 1.16 bits per heavy atom. The highest BCUT2D eigenvalue weighted by Crippen LogP contribution is 2.14. The van der Waals surface area contributed by atoms with Gasteiger partial charge in [0.1, 0.15) is 13.2 Å². The van der Waals surface area contributed by atoms with Crippen LogP contribution >= 0.6 is 0 Å². The van der Waals surface area contributed by atoms with E-state index in [-0.39, 0.29) is 44.0 Å². The van der Waals surface area contributed by atoms with Crippen molar-refractivity contribution in [2.75, 3.05) is 13.2 Å². The quantitative estimate of drug-likeness (QED) is 0.0199. The van der Waals surface area contributed by atoms with E-state index in [9.17, 15) is 14.4 Å². The van der Waals surface area contributed by atoms with Crippen LogP contribution in [0.25, 0.3) is 0 Å². The first-order chi connectivity index (χ1) is 33.0. The van der Waals surface area contributed by atoms with E-state index >= 15 is 0 Å². The minimum absolute atomic E-state index is 0.125. The van der Waals surface area contributed by atoms with Crippen LogP contribution in [0.2, 0.25) is 0 Å². The van der Waals surface area contributed by atoms with E-state index in [0.29, 0.717) is 19.3 Å². The summed E-state index contributed by atoms with van der Waals surface area (Å²) in [7, 11) is 0. The second-order valence-electron chi connectivity index (χ2n) is 17.5. The van der Waals surface area contributed by atoms with Gasteiger partial charge in [-0.1, -0.05) is 239 Å². The Labute approximate surface area is 412 Å². The molecule has 6 nitrogen and oxygen atoms in total. The lowest BCUT2D eigenvalue weighted by Gasteiger charge is -2.18. The third-order valence-corrected chi connectivity index (χ3v) is 11.1. The maximum absolute atomic E-state index is 12.8. The second-order valence-corrected chi connectivity index (χ2v) is 17.5. The highest BCUT2D eigenvalue weighted by atomic mass is 16.6. The summed E-state index contributed by atoms with van der Waals surface area (Å²) in [5, 5.41) is 0. The van der Waals surface area contributed by atoms with Crippen molar-refractivity contribution in [1.82, 2.24) is 0 Å². The van der Waals surface area contributed by atoms with E-state index < -0.39 is 6.10 Å². The molecule has 0 bridgehead atoms. The number of hydrogen-bond donors (Lipinski definition) is 0. The van der Waals surface area contributed by atoms with E-state index in [2.05, 4.69) is 87.6 Å². The highest BCUT2D eigenvalue weighted by molar-refractivity contribution is 5.71. The molecular weight excluding hydrogens is 829 g/mol. The number of carbonyl (C=O) groups excluding carboxylic acids is 3. The fourth-order valence-corrected chi connectivity index (χ4v) is 7.01. The lowest BCUT2D eigenvalue weighted by molar-refractivity contribution is -0.167. The number of ether oxygens (including phenoxy) is 3. The van der Waals surface area contributed by atoms with Crippen LogP contribution in [0, 0.1) is 0 Å². The van der Waals surface area contributed by atoms with Gasteiger partial charge in [0, 0.05) is 19.3 Å². The van der Waals surface area contributed by atoms with Crippen molar-refractivity contribution in [3.05, 3.63) is 122 Å². The maximum Gasteiger partial charge on any atom is 0.306 e. The van der Waals surface area contributed by atoms with Gasteiger partial charge in [0.25, 0.3) is 0 Å². The molecule has 0 aromatic rings. The molecule has 0 aromatic carbocycles. The van der Waals surface area contributed by atoms with E-state index in [1.165, 1.54) is 122 Å². The molecule has 0 aliphatic carbocycles. The molecular formula is C61H98O6. The molecule has 0 amide bonds. The van der Waals surface area contributed by atoms with Crippen LogP contribution in [-0.4, -0.2) is 37.2 Å². The molecule has 1 atom stereocenters. The average molecular weight is 927 g/mol. The predicted molar refractivity (Wildman–Crippen MR) is 288 cm³/mol. The smallest absolute Gasteiger partial charge is 0.306 e. The van der Waals surface area contributed by atoms with Crippen molar-refractivity contribution in [3.63, 3.8) is 0 Å². The standard InChI is InChI=1S/C61H98O6/c1-4-7-10-13-16-19-22-25-27-29-30-32-33-36-39-42-45-48-51-54-60(63)66-57-58(56-65-59(62)53-50-47-44-41-38-35-24-21-18-15-12-9-6-3)67-61(64)55-52-49-46-43-40-37-34-31-28-26-23-20-17-14-11-8-5-2/h9,12,15-16,18-19,21-22,24-26,28,34-35,37-38,41,43-44,46,58H,4-8,10-11,13-14,17,20,23,27,29-33,36,39-40,42,45,47-57H2,1-3H3/b12-9-,18-15-,19-16-,24-21-,25-22-,28-26-,37-34-,38-35-,44-41-,46-43-. The van der Waals surface area contributed by atoms with Gasteiger partial charge in [0.05, 0.1) is 0 Å². The van der Waals surface area contributed by atoms with E-state index in [1.807, 2.05) is 54.7 Å². The number of hydrogen-bond acceptors (Lipinski definition) is 6. The molecule has 1 unspecified atom stereocenters. The van der Waals surface area contributed by atoms with Gasteiger partial charge in [-0.25, -0.2) is 0 Å². The Kier molecular flexibility index (Phi) is 51.0. The predicted octanol–water partition coefficient (Wildman–Crippen LogP) is 18.1. The van der Waals surface area contributed by atoms with E-state index in [1.54, 1.807) is 0 Å². The molecule has 0 radical (unpaired) electrons. The van der Waals surface area contributed by atoms with Crippen LogP contribution in [0.3, 0.4) is 0 Å². The van der Waals surface area contributed by atoms with Crippen molar-refractivity contribution in [2.45, 2.75) is 232 Å². The summed E-state index contributed by atoms with van der Waals surface area (Å²) in [5.41, 5.74) is 0. The molecule has 67 heavy (non-hydrogen) atoms. The third kappa shape index (κ3) is 52.6. The number of allylic oxidation sites excluding steroid dienone is 20. The van der Waals surface area contributed by atoms with Gasteiger partial charge >= 0.3 is 17.9 Å². The monoisotopic (exact) mass is 927 g/mol. The molecule has 0 saturated heterocycles. The molecule has 0 aliphatic heterocycles. The van der Waals surface area contributed by atoms with Gasteiger partial charge in [0.2, 0.25) is 0 Å². The van der Waals surface area contributed by atoms with E-state index in [0.717, 1.165) is 51.4 Å². The molecule has 0 fully saturated rings. The first kappa shape index (κ1) is 62.8. The topological polar surface area (TPSA) is 78.9 Å². The third-order valence-electron chi connectivity index (χ3n) is 11.1. The number of esters is 3. The second kappa shape index (κ2) is 54.4. The zero-order chi connectivity index (χ0) is 48.6. The van der Waals surface area contributed by atoms with Crippen LogP contribution in [0.15, 0.2) is 122 Å². The summed E-state index contributed by atoms with van der Waals surface area (Å²) in [6, 6.07) is 0. The minimum atomic E-state index is -0.838. The molecule has 0 N–H and O–H groups in total. The van der Waals surface area contributed by atoms with Crippen LogP contribution in [0.1, 0.15) is 226 Å². The molecule has 0 aromatic heterocycles. The summed E-state index contributed by atoms with van der Waals surface area (Å²) >= 11 is 0. The van der Waals surface area contributed by atoms with Crippen molar-refractivity contribution in [2.24, 2.45) is 0 Å². The molecule has 0 heterocycles. The van der Waals surface area contributed by atoms with E-state index in [4.69, 9.17) is 14.2 Å². The summed E-state index contributed by atoms with van der Waals surface area (Å²) in [5.74, 6) is -1.06. The summed E-state index contributed by atoms with van der Waals surface area (Å²) < 4.78 is 16.7. The van der Waals surface area contributed by atoms with Crippen molar-refractivity contribution in [1.29, 1.82) is 0 Å². The van der Waals surface area contributed by atoms with Crippen LogP contribution < -0.4 is 0 Å². The normalized spacial score (nSPS) is 13.1. The Bertz CT molecular complexity index is 1440. The first-order valence-electron chi connectivity index (χ1n) is 27.1. The zero-order valence-corrected chi connectivity index (χ0v) is 43.1. The first-order valence-corrected chi connectivity index (χ1v) is 27.1. The molecule has 0 saturated carbocycles. The number of rotatable bonds is 47. The van der Waals surface area contributed by atoms with Crippen LogP contribution in [0.4, 0.5) is 0 Å². The van der Waals surface area contributed by atoms with Crippen LogP contribution in [0.5, 0.6) is 0 Å². The van der Waals surface area contributed by atoms with Crippen molar-refractivity contribution < 1.29 is 28.6 Å². The van der Waals surface area contributed by atoms with Crippen molar-refractivity contribution >= 4 is 17.9 Å². The molecule has 378 valence electrons. The summed E-state index contributed by atoms with van der Waals surface area (Å²) in [6.45, 7) is 6.34. The Morgan fingerprint density at radius 2 is 0.657 bits per heavy atom. The maximum atomic E-state index is 12.8. The fourth-order valence-electron chi connectivity index (χ4n) is 7.01. The largest absolute Gasteiger partial charge is 0.462 e. The highest BCUT2D eigenvalue weighted by Gasteiger charge is 2.19. The van der Waals surface area contributed by atoms with Gasteiger partial charge in [0.15, 0.2) is 6.10 Å². The summed E-state index contributed by atoms with van der Waals surface area (Å²) in [6.07, 6.45) is 74.9. The Morgan fingerprint density at radius 1 is 0.328 bits per heavy atom. The number of unbranched alkanes of at least 4 members (excludes halogenated alkanes) is 21. The molecule has 0 spiro atoms. The number of carbonyl (C=O) groups is 3. The SMILES string of the molecule is CC\C=C/C=C\C=C/C=C\C=C/CCCC(=O)OCC(COC(=O)CCCCCCCCCCCC/C=C\C=C/CCCCC)OC(=O)CCC/C=C\C/C=C\C/C=C\CCCCCCCC. The van der Waals surface area contributed by atoms with Gasteiger partial charge in [-0.2, -0.15) is 0 Å². The molecule has 6 heteroatoms. The Hall–Kier alpha value is -4.19. The lowest BCUT2D eigenvalue weighted by Crippen LogP contribution is -2.30. The zero-order valence-electron chi connectivity index (χ0n) is 43.1. The Balaban J connectivity index is 4.54. The van der Waals surface area contributed by atoms with Crippen LogP contribution in [-0.2, 0) is 28.6 Å². The summed E-state index contributed by atoms with van der Waals surface area (Å²) in [4.78, 5) is 38.0. The average Bonchev–Trinajstić information content (AvgIpc) is 3.33. The van der Waals surface area contributed by atoms with Gasteiger partial charge < -0.3 is 14.2 Å². The molecule has 0 rings (SSSR count). The minimum Gasteiger partial charge on any atom is -0.462 e. The lowest BCUT2D eigenvalue weighted by atomic mass is 10.1. The fraction of sp³-hybridized carbons (Fsp3) is 0.623. The van der Waals surface area contributed by atoms with Gasteiger partial charge in [-0.15, -0.1) is 0 Å². The molecule has 0 aliphatic rings. The van der Waals surface area contributed by atoms with Gasteiger partial charge in [-0.05, 0) is 89.9 Å². The van der Waals surface area contributed by atoms with Crippen molar-refractivity contribution in [3.8, 4) is 0 Å².